The summed E-state index contributed by atoms with van der Waals surface area (Å²) in [7, 11) is 0. The lowest BCUT2D eigenvalue weighted by molar-refractivity contribution is 0.122. The van der Waals surface area contributed by atoms with Crippen molar-refractivity contribution in [2.45, 2.75) is 31.7 Å². The second-order valence-corrected chi connectivity index (χ2v) is 7.57. The van der Waals surface area contributed by atoms with E-state index in [4.69, 9.17) is 16.3 Å². The molecule has 4 heterocycles. The first-order valence-corrected chi connectivity index (χ1v) is 10.1. The van der Waals surface area contributed by atoms with Gasteiger partial charge in [-0.25, -0.2) is 9.97 Å². The van der Waals surface area contributed by atoms with Crippen LogP contribution in [-0.4, -0.2) is 50.8 Å². The molecule has 0 bridgehead atoms. The van der Waals surface area contributed by atoms with Crippen LogP contribution in [0.25, 0.3) is 11.2 Å². The van der Waals surface area contributed by atoms with Gasteiger partial charge in [-0.1, -0.05) is 12.8 Å². The topological polar surface area (TPSA) is 81.0 Å². The molecule has 3 aromatic rings. The van der Waals surface area contributed by atoms with Crippen molar-refractivity contribution in [3.05, 3.63) is 29.9 Å². The minimum Gasteiger partial charge on any atom is -0.378 e. The van der Waals surface area contributed by atoms with Gasteiger partial charge >= 0.3 is 0 Å². The van der Waals surface area contributed by atoms with Crippen molar-refractivity contribution in [2.75, 3.05) is 36.5 Å². The number of ether oxygens (including phenoxy) is 1. The lowest BCUT2D eigenvalue weighted by Crippen LogP contribution is -2.36. The number of nitrogens with zero attached hydrogens (tertiary/aromatic N) is 6. The number of nitrogens with one attached hydrogen (secondary N) is 1. The van der Waals surface area contributed by atoms with Gasteiger partial charge in [0, 0.05) is 19.1 Å². The summed E-state index contributed by atoms with van der Waals surface area (Å²) < 4.78 is 7.54. The summed E-state index contributed by atoms with van der Waals surface area (Å²) in [5, 5.41) is 3.52. The van der Waals surface area contributed by atoms with Gasteiger partial charge in [0.05, 0.1) is 31.4 Å². The summed E-state index contributed by atoms with van der Waals surface area (Å²) in [6.45, 7) is 3.20. The minimum absolute atomic E-state index is 0.215. The molecule has 2 aliphatic rings. The molecule has 0 atom stereocenters. The van der Waals surface area contributed by atoms with Crippen LogP contribution >= 0.6 is 11.6 Å². The molecule has 5 rings (SSSR count). The third-order valence-corrected chi connectivity index (χ3v) is 5.63. The molecule has 0 radical (unpaired) electrons. The summed E-state index contributed by atoms with van der Waals surface area (Å²) in [6.07, 6.45) is 8.47. The van der Waals surface area contributed by atoms with E-state index >= 15 is 0 Å². The van der Waals surface area contributed by atoms with E-state index in [1.54, 1.807) is 6.20 Å². The van der Waals surface area contributed by atoms with Crippen molar-refractivity contribution in [3.8, 4) is 0 Å². The SMILES string of the molecule is Clc1nc(Nc2ccc(N3CCOCC3)nc2)c2ncn(C3CCCC3)c2n1. The van der Waals surface area contributed by atoms with Gasteiger partial charge in [-0.15, -0.1) is 0 Å². The number of hydrogen-bond acceptors (Lipinski definition) is 7. The molecule has 0 unspecified atom stereocenters. The second-order valence-electron chi connectivity index (χ2n) is 7.23. The van der Waals surface area contributed by atoms with Gasteiger partial charge in [0.1, 0.15) is 5.82 Å². The predicted octanol–water partition coefficient (Wildman–Crippen LogP) is 3.57. The van der Waals surface area contributed by atoms with Crippen LogP contribution in [0.1, 0.15) is 31.7 Å². The maximum Gasteiger partial charge on any atom is 0.226 e. The van der Waals surface area contributed by atoms with E-state index in [2.05, 4.69) is 34.7 Å². The second kappa shape index (κ2) is 7.52. The maximum atomic E-state index is 6.21. The number of anilines is 3. The molecule has 1 saturated carbocycles. The molecule has 1 aliphatic heterocycles. The van der Waals surface area contributed by atoms with Crippen LogP contribution in [0.2, 0.25) is 5.28 Å². The number of halogens is 1. The van der Waals surface area contributed by atoms with Crippen molar-refractivity contribution in [2.24, 2.45) is 0 Å². The molecule has 9 heteroatoms. The summed E-state index contributed by atoms with van der Waals surface area (Å²) in [6, 6.07) is 4.44. The van der Waals surface area contributed by atoms with Crippen LogP contribution in [0.5, 0.6) is 0 Å². The third-order valence-electron chi connectivity index (χ3n) is 5.46. The summed E-state index contributed by atoms with van der Waals surface area (Å²) >= 11 is 6.21. The fourth-order valence-electron chi connectivity index (χ4n) is 4.00. The lowest BCUT2D eigenvalue weighted by Gasteiger charge is -2.27. The van der Waals surface area contributed by atoms with E-state index in [0.717, 1.165) is 61.8 Å². The molecule has 1 saturated heterocycles. The Morgan fingerprint density at radius 3 is 2.64 bits per heavy atom. The van der Waals surface area contributed by atoms with Gasteiger partial charge in [-0.2, -0.15) is 9.97 Å². The number of aromatic nitrogens is 5. The van der Waals surface area contributed by atoms with Crippen molar-refractivity contribution >= 4 is 40.1 Å². The molecule has 0 spiro atoms. The van der Waals surface area contributed by atoms with Crippen LogP contribution in [0, 0.1) is 0 Å². The van der Waals surface area contributed by atoms with Gasteiger partial charge in [0.2, 0.25) is 5.28 Å². The van der Waals surface area contributed by atoms with E-state index in [0.29, 0.717) is 11.9 Å². The monoisotopic (exact) mass is 399 g/mol. The highest BCUT2D eigenvalue weighted by molar-refractivity contribution is 6.28. The zero-order valence-electron chi connectivity index (χ0n) is 15.5. The molecular weight excluding hydrogens is 378 g/mol. The van der Waals surface area contributed by atoms with Crippen molar-refractivity contribution in [3.63, 3.8) is 0 Å². The molecule has 28 heavy (non-hydrogen) atoms. The van der Waals surface area contributed by atoms with E-state index in [9.17, 15) is 0 Å². The van der Waals surface area contributed by atoms with Crippen molar-refractivity contribution in [1.29, 1.82) is 0 Å². The van der Waals surface area contributed by atoms with E-state index in [-0.39, 0.29) is 5.28 Å². The molecule has 0 amide bonds. The van der Waals surface area contributed by atoms with Crippen molar-refractivity contribution < 1.29 is 4.74 Å². The zero-order valence-corrected chi connectivity index (χ0v) is 16.3. The Labute approximate surface area is 167 Å². The average molecular weight is 400 g/mol. The van der Waals surface area contributed by atoms with Gasteiger partial charge in [0.25, 0.3) is 0 Å². The minimum atomic E-state index is 0.215. The Kier molecular flexibility index (Phi) is 4.74. The number of imidazole rings is 1. The Morgan fingerprint density at radius 2 is 1.89 bits per heavy atom. The van der Waals surface area contributed by atoms with E-state index < -0.39 is 0 Å². The molecule has 146 valence electrons. The Balaban J connectivity index is 1.41. The first-order valence-electron chi connectivity index (χ1n) is 9.74. The molecule has 8 nitrogen and oxygen atoms in total. The number of morpholine rings is 1. The van der Waals surface area contributed by atoms with Gasteiger partial charge < -0.3 is 19.5 Å². The van der Waals surface area contributed by atoms with Gasteiger partial charge in [-0.3, -0.25) is 0 Å². The van der Waals surface area contributed by atoms with Crippen LogP contribution in [-0.2, 0) is 4.74 Å². The number of fused-ring (bicyclic) bond motifs is 1. The highest BCUT2D eigenvalue weighted by atomic mass is 35.5. The average Bonchev–Trinajstić information content (AvgIpc) is 3.39. The Morgan fingerprint density at radius 1 is 1.07 bits per heavy atom. The fraction of sp³-hybridized carbons (Fsp3) is 0.474. The molecule has 0 aromatic carbocycles. The smallest absolute Gasteiger partial charge is 0.226 e. The first-order chi connectivity index (χ1) is 13.8. The van der Waals surface area contributed by atoms with E-state index in [1.807, 2.05) is 18.5 Å². The third kappa shape index (κ3) is 3.38. The van der Waals surface area contributed by atoms with Gasteiger partial charge in [0.15, 0.2) is 17.0 Å². The number of rotatable bonds is 4. The lowest BCUT2D eigenvalue weighted by atomic mass is 10.2. The quantitative estimate of drug-likeness (QED) is 0.671. The predicted molar refractivity (Wildman–Crippen MR) is 108 cm³/mol. The van der Waals surface area contributed by atoms with Gasteiger partial charge in [-0.05, 0) is 36.6 Å². The fourth-order valence-corrected chi connectivity index (χ4v) is 4.17. The van der Waals surface area contributed by atoms with Crippen LogP contribution < -0.4 is 10.2 Å². The molecule has 1 N–H and O–H groups in total. The summed E-state index contributed by atoms with van der Waals surface area (Å²) in [4.78, 5) is 20.2. The first kappa shape index (κ1) is 17.6. The summed E-state index contributed by atoms with van der Waals surface area (Å²) in [5.41, 5.74) is 2.35. The van der Waals surface area contributed by atoms with E-state index in [1.165, 1.54) is 12.8 Å². The van der Waals surface area contributed by atoms with Crippen LogP contribution in [0.4, 0.5) is 17.3 Å². The largest absolute Gasteiger partial charge is 0.378 e. The Hall–Kier alpha value is -2.45. The number of hydrogen-bond donors (Lipinski definition) is 1. The number of pyridine rings is 1. The zero-order chi connectivity index (χ0) is 18.9. The molecule has 2 fully saturated rings. The summed E-state index contributed by atoms with van der Waals surface area (Å²) in [5.74, 6) is 1.55. The normalized spacial score (nSPS) is 18.1. The van der Waals surface area contributed by atoms with Crippen molar-refractivity contribution in [1.82, 2.24) is 24.5 Å². The highest BCUT2D eigenvalue weighted by Gasteiger charge is 2.21. The maximum absolute atomic E-state index is 6.21. The standard InChI is InChI=1S/C19H22ClN7O/c20-19-24-17(16-18(25-19)27(12-22-16)14-3-1-2-4-14)23-13-5-6-15(21-11-13)26-7-9-28-10-8-26/h5-6,11-12,14H,1-4,7-10H2,(H,23,24,25). The Bertz CT molecular complexity index is 962. The highest BCUT2D eigenvalue weighted by Crippen LogP contribution is 2.33. The van der Waals surface area contributed by atoms with Crippen LogP contribution in [0.15, 0.2) is 24.7 Å². The molecule has 1 aliphatic carbocycles. The molecular formula is C19H22ClN7O. The van der Waals surface area contributed by atoms with Crippen LogP contribution in [0.3, 0.4) is 0 Å². The molecule has 3 aromatic heterocycles.